The van der Waals surface area contributed by atoms with Crippen molar-refractivity contribution in [2.45, 2.75) is 6.10 Å². The van der Waals surface area contributed by atoms with E-state index in [9.17, 15) is 5.11 Å². The van der Waals surface area contributed by atoms with Gasteiger partial charge in [-0.25, -0.2) is 0 Å². The number of fused-ring (bicyclic) bond motifs is 1. The van der Waals surface area contributed by atoms with E-state index in [1.807, 2.05) is 0 Å². The molecule has 0 fully saturated rings. The van der Waals surface area contributed by atoms with Crippen LogP contribution in [0.1, 0.15) is 16.7 Å². The maximum Gasteiger partial charge on any atom is 0.146 e. The summed E-state index contributed by atoms with van der Waals surface area (Å²) in [5.41, 5.74) is 0.695. The summed E-state index contributed by atoms with van der Waals surface area (Å²) in [6.45, 7) is 0. The molecule has 1 N–H and O–H groups in total. The van der Waals surface area contributed by atoms with E-state index in [4.69, 9.17) is 27.6 Å². The van der Waals surface area contributed by atoms with Crippen LogP contribution in [-0.4, -0.2) is 5.11 Å². The van der Waals surface area contributed by atoms with Gasteiger partial charge in [0.2, 0.25) is 0 Å². The van der Waals surface area contributed by atoms with Crippen LogP contribution in [0, 0.1) is 0 Å². The molecule has 1 unspecified atom stereocenters. The van der Waals surface area contributed by atoms with Crippen molar-refractivity contribution in [3.63, 3.8) is 0 Å². The molecule has 1 atom stereocenters. The smallest absolute Gasteiger partial charge is 0.146 e. The van der Waals surface area contributed by atoms with E-state index in [1.54, 1.807) is 30.3 Å². The molecule has 2 nitrogen and oxygen atoms in total. The number of furan rings is 1. The van der Waals surface area contributed by atoms with Crippen molar-refractivity contribution in [2.24, 2.45) is 0 Å². The summed E-state index contributed by atoms with van der Waals surface area (Å²) < 4.78 is 7.00. The van der Waals surface area contributed by atoms with Crippen LogP contribution in [0.15, 0.2) is 39.2 Å². The Kier molecular flexibility index (Phi) is 3.62. The summed E-state index contributed by atoms with van der Waals surface area (Å²) >= 11 is 16.5. The van der Waals surface area contributed by atoms with E-state index in [0.717, 1.165) is 14.7 Å². The molecule has 0 amide bonds. The van der Waals surface area contributed by atoms with Gasteiger partial charge in [0, 0.05) is 19.8 Å². The summed E-state index contributed by atoms with van der Waals surface area (Å²) in [7, 11) is 0. The van der Waals surface area contributed by atoms with Crippen molar-refractivity contribution in [1.82, 2.24) is 0 Å². The Morgan fingerprint density at radius 1 is 1.21 bits per heavy atom. The molecule has 0 aliphatic carbocycles. The van der Waals surface area contributed by atoms with Crippen molar-refractivity contribution in [2.75, 3.05) is 0 Å². The molecule has 0 saturated carbocycles. The number of benzene rings is 1. The number of aliphatic hydroxyl groups is 1. The molecule has 0 radical (unpaired) electrons. The summed E-state index contributed by atoms with van der Waals surface area (Å²) in [6.07, 6.45) is -0.833. The monoisotopic (exact) mass is 376 g/mol. The lowest BCUT2D eigenvalue weighted by molar-refractivity contribution is 0.196. The molecule has 1 aromatic carbocycles. The summed E-state index contributed by atoms with van der Waals surface area (Å²) in [5, 5.41) is 11.8. The molecule has 0 spiro atoms. The van der Waals surface area contributed by atoms with Gasteiger partial charge in [0.25, 0.3) is 0 Å². The molecule has 3 aromatic rings. The minimum absolute atomic E-state index is 0.475. The zero-order valence-electron chi connectivity index (χ0n) is 9.36. The number of aliphatic hydroxyl groups excluding tert-OH is 1. The van der Waals surface area contributed by atoms with Gasteiger partial charge >= 0.3 is 0 Å². The highest BCUT2D eigenvalue weighted by Crippen LogP contribution is 2.38. The Balaban J connectivity index is 2.03. The van der Waals surface area contributed by atoms with Gasteiger partial charge in [-0.1, -0.05) is 23.2 Å². The van der Waals surface area contributed by atoms with E-state index >= 15 is 0 Å². The van der Waals surface area contributed by atoms with Crippen LogP contribution >= 0.6 is 50.5 Å². The van der Waals surface area contributed by atoms with Gasteiger partial charge in [-0.2, -0.15) is 0 Å². The number of thiophene rings is 1. The first-order valence-electron chi connectivity index (χ1n) is 5.36. The largest absolute Gasteiger partial charge is 0.458 e. The minimum Gasteiger partial charge on any atom is -0.458 e. The third kappa shape index (κ3) is 2.56. The van der Waals surface area contributed by atoms with Gasteiger partial charge in [-0.05, 0) is 46.3 Å². The molecule has 98 valence electrons. The second-order valence-electron chi connectivity index (χ2n) is 4.00. The molecule has 3 rings (SSSR count). The van der Waals surface area contributed by atoms with Crippen LogP contribution in [-0.2, 0) is 0 Å². The van der Waals surface area contributed by atoms with Crippen LogP contribution in [0.5, 0.6) is 0 Å². The maximum atomic E-state index is 10.3. The van der Waals surface area contributed by atoms with E-state index in [2.05, 4.69) is 15.9 Å². The van der Waals surface area contributed by atoms with Crippen molar-refractivity contribution in [3.8, 4) is 0 Å². The third-order valence-corrected chi connectivity index (χ3v) is 5.46. The van der Waals surface area contributed by atoms with E-state index in [0.29, 0.717) is 20.7 Å². The van der Waals surface area contributed by atoms with Crippen LogP contribution in [0.3, 0.4) is 0 Å². The lowest BCUT2D eigenvalue weighted by Crippen LogP contribution is -1.93. The summed E-state index contributed by atoms with van der Waals surface area (Å²) in [4.78, 5) is 0.724. The van der Waals surface area contributed by atoms with Crippen molar-refractivity contribution >= 4 is 61.4 Å². The number of rotatable bonds is 2. The Labute approximate surface area is 131 Å². The molecular formula is C13H7BrCl2O2S. The molecule has 2 heterocycles. The second kappa shape index (κ2) is 5.11. The van der Waals surface area contributed by atoms with Crippen molar-refractivity contribution < 1.29 is 9.52 Å². The average molecular weight is 378 g/mol. The van der Waals surface area contributed by atoms with Crippen LogP contribution in [0.4, 0.5) is 0 Å². The van der Waals surface area contributed by atoms with Gasteiger partial charge < -0.3 is 9.52 Å². The Hall–Kier alpha value is -0.520. The first-order valence-corrected chi connectivity index (χ1v) is 7.73. The molecule has 2 aromatic heterocycles. The van der Waals surface area contributed by atoms with Gasteiger partial charge in [0.1, 0.15) is 21.8 Å². The van der Waals surface area contributed by atoms with Crippen molar-refractivity contribution in [3.05, 3.63) is 54.8 Å². The van der Waals surface area contributed by atoms with E-state index in [1.165, 1.54) is 11.3 Å². The molecule has 19 heavy (non-hydrogen) atoms. The highest BCUT2D eigenvalue weighted by Gasteiger charge is 2.19. The van der Waals surface area contributed by atoms with Gasteiger partial charge in [-0.3, -0.25) is 0 Å². The topological polar surface area (TPSA) is 33.4 Å². The van der Waals surface area contributed by atoms with Crippen LogP contribution in [0.25, 0.3) is 11.0 Å². The molecule has 0 saturated heterocycles. The SMILES string of the molecule is OC(c1cc2cc(Cl)ccc2o1)c1cc(Br)c(Cl)s1. The van der Waals surface area contributed by atoms with Crippen LogP contribution in [0.2, 0.25) is 9.36 Å². The molecule has 6 heteroatoms. The van der Waals surface area contributed by atoms with Gasteiger partial charge in [0.05, 0.1) is 0 Å². The lowest BCUT2D eigenvalue weighted by atomic mass is 10.2. The number of hydrogen-bond donors (Lipinski definition) is 1. The summed E-state index contributed by atoms with van der Waals surface area (Å²) in [5.74, 6) is 0.475. The fourth-order valence-electron chi connectivity index (χ4n) is 1.81. The Bertz CT molecular complexity index is 731. The van der Waals surface area contributed by atoms with E-state index < -0.39 is 6.10 Å². The first kappa shape index (κ1) is 13.5. The number of halogens is 3. The lowest BCUT2D eigenvalue weighted by Gasteiger charge is -2.03. The fourth-order valence-corrected chi connectivity index (χ4v) is 3.72. The molecule has 0 bridgehead atoms. The quantitative estimate of drug-likeness (QED) is 0.626. The van der Waals surface area contributed by atoms with Crippen molar-refractivity contribution in [1.29, 1.82) is 0 Å². The molecular weight excluding hydrogens is 371 g/mol. The van der Waals surface area contributed by atoms with Crippen LogP contribution < -0.4 is 0 Å². The zero-order valence-corrected chi connectivity index (χ0v) is 13.3. The zero-order chi connectivity index (χ0) is 13.6. The fraction of sp³-hybridized carbons (Fsp3) is 0.0769. The summed E-state index contributed by atoms with van der Waals surface area (Å²) in [6, 6.07) is 8.91. The maximum absolute atomic E-state index is 10.3. The predicted molar refractivity (Wildman–Crippen MR) is 82.3 cm³/mol. The molecule has 0 aliphatic rings. The average Bonchev–Trinajstić information content (AvgIpc) is 2.92. The third-order valence-electron chi connectivity index (χ3n) is 2.70. The first-order chi connectivity index (χ1) is 9.04. The number of hydrogen-bond acceptors (Lipinski definition) is 3. The minimum atomic E-state index is -0.833. The van der Waals surface area contributed by atoms with E-state index in [-0.39, 0.29) is 0 Å². The Morgan fingerprint density at radius 3 is 2.68 bits per heavy atom. The predicted octanol–water partition coefficient (Wildman–Crippen LogP) is 5.65. The standard InChI is InChI=1S/C13H7BrCl2O2S/c14-8-5-11(19-13(8)16)12(17)10-4-6-3-7(15)1-2-9(6)18-10/h1-5,12,17H. The molecule has 0 aliphatic heterocycles. The highest BCUT2D eigenvalue weighted by atomic mass is 79.9. The highest BCUT2D eigenvalue weighted by molar-refractivity contribution is 9.10. The normalized spacial score (nSPS) is 13.1. The Morgan fingerprint density at radius 2 is 2.00 bits per heavy atom. The second-order valence-corrected chi connectivity index (χ2v) is 6.98. The van der Waals surface area contributed by atoms with Gasteiger partial charge in [0.15, 0.2) is 0 Å². The van der Waals surface area contributed by atoms with Gasteiger partial charge in [-0.15, -0.1) is 11.3 Å².